The molecule has 1 aliphatic carbocycles. The molecule has 0 saturated carbocycles. The minimum atomic E-state index is -1.36. The summed E-state index contributed by atoms with van der Waals surface area (Å²) in [6.45, 7) is 0. The molecule has 0 bridgehead atoms. The van der Waals surface area contributed by atoms with Gasteiger partial charge < -0.3 is 5.11 Å². The molecule has 4 aromatic rings. The monoisotopic (exact) mass is 418 g/mol. The molecule has 0 saturated heterocycles. The van der Waals surface area contributed by atoms with Crippen LogP contribution in [0.5, 0.6) is 0 Å². The van der Waals surface area contributed by atoms with E-state index < -0.39 is 5.60 Å². The summed E-state index contributed by atoms with van der Waals surface area (Å²) in [6, 6.07) is 24.4. The van der Waals surface area contributed by atoms with Gasteiger partial charge in [-0.2, -0.15) is 0 Å². The number of hydrogen-bond acceptors (Lipinski definition) is 2. The maximum atomic E-state index is 13.1. The molecule has 0 aromatic heterocycles. The van der Waals surface area contributed by atoms with Gasteiger partial charge in [-0.3, -0.25) is 4.79 Å². The van der Waals surface area contributed by atoms with Crippen LogP contribution in [0.25, 0.3) is 10.8 Å². The average molecular weight is 419 g/mol. The van der Waals surface area contributed by atoms with Crippen LogP contribution in [0.3, 0.4) is 0 Å². The molecule has 4 heteroatoms. The van der Waals surface area contributed by atoms with E-state index >= 15 is 0 Å². The standard InChI is InChI=1S/C25H16Cl2O2/c26-18-7-9-22-20(12-18)24(28)21-13-19(27)8-10-23(21)25(22,29)14-15-5-6-16-3-1-2-4-17(16)11-15/h1-13,29H,14H2. The van der Waals surface area contributed by atoms with Gasteiger partial charge in [-0.05, 0) is 51.7 Å². The van der Waals surface area contributed by atoms with Gasteiger partial charge in [-0.25, -0.2) is 0 Å². The van der Waals surface area contributed by atoms with E-state index in [1.165, 1.54) is 0 Å². The van der Waals surface area contributed by atoms with Crippen molar-refractivity contribution >= 4 is 39.8 Å². The van der Waals surface area contributed by atoms with Crippen molar-refractivity contribution in [3.05, 3.63) is 117 Å². The summed E-state index contributed by atoms with van der Waals surface area (Å²) in [5.74, 6) is -0.178. The number of benzene rings is 4. The van der Waals surface area contributed by atoms with Crippen molar-refractivity contribution < 1.29 is 9.90 Å². The first kappa shape index (κ1) is 18.4. The first-order valence-corrected chi connectivity index (χ1v) is 10.1. The number of rotatable bonds is 2. The van der Waals surface area contributed by atoms with E-state index in [4.69, 9.17) is 23.2 Å². The van der Waals surface area contributed by atoms with Crippen LogP contribution in [0.2, 0.25) is 10.0 Å². The molecule has 0 spiro atoms. The van der Waals surface area contributed by atoms with E-state index in [1.807, 2.05) is 24.3 Å². The highest BCUT2D eigenvalue weighted by atomic mass is 35.5. The van der Waals surface area contributed by atoms with E-state index in [2.05, 4.69) is 18.2 Å². The second-order valence-electron chi connectivity index (χ2n) is 7.43. The van der Waals surface area contributed by atoms with Crippen molar-refractivity contribution in [1.29, 1.82) is 0 Å². The van der Waals surface area contributed by atoms with E-state index in [-0.39, 0.29) is 5.78 Å². The summed E-state index contributed by atoms with van der Waals surface area (Å²) in [6.07, 6.45) is 0.328. The van der Waals surface area contributed by atoms with Gasteiger partial charge >= 0.3 is 0 Å². The number of aliphatic hydroxyl groups is 1. The predicted molar refractivity (Wildman–Crippen MR) is 117 cm³/mol. The zero-order valence-corrected chi connectivity index (χ0v) is 16.8. The molecule has 0 heterocycles. The molecule has 29 heavy (non-hydrogen) atoms. The third-order valence-corrected chi connectivity index (χ3v) is 6.09. The Balaban J connectivity index is 1.72. The lowest BCUT2D eigenvalue weighted by Crippen LogP contribution is -2.37. The first-order chi connectivity index (χ1) is 14.0. The van der Waals surface area contributed by atoms with Gasteiger partial charge in [0.05, 0.1) is 0 Å². The summed E-state index contributed by atoms with van der Waals surface area (Å²) in [7, 11) is 0. The smallest absolute Gasteiger partial charge is 0.193 e. The van der Waals surface area contributed by atoms with Crippen LogP contribution >= 0.6 is 23.2 Å². The summed E-state index contributed by atoms with van der Waals surface area (Å²) in [5.41, 5.74) is 1.56. The zero-order chi connectivity index (χ0) is 20.2. The van der Waals surface area contributed by atoms with E-state index in [1.54, 1.807) is 36.4 Å². The molecule has 142 valence electrons. The van der Waals surface area contributed by atoms with Crippen LogP contribution in [-0.4, -0.2) is 10.9 Å². The van der Waals surface area contributed by atoms with Crippen LogP contribution in [0.1, 0.15) is 32.6 Å². The molecule has 0 radical (unpaired) electrons. The Morgan fingerprint density at radius 1 is 0.724 bits per heavy atom. The molecular formula is C25H16Cl2O2. The van der Waals surface area contributed by atoms with Crippen molar-refractivity contribution in [2.75, 3.05) is 0 Å². The molecule has 1 aliphatic rings. The summed E-state index contributed by atoms with van der Waals surface area (Å²) >= 11 is 12.3. The Bertz CT molecular complexity index is 1240. The number of fused-ring (bicyclic) bond motifs is 3. The lowest BCUT2D eigenvalue weighted by atomic mass is 9.71. The minimum absolute atomic E-state index is 0.178. The number of carbonyl (C=O) groups excluding carboxylic acids is 1. The third-order valence-electron chi connectivity index (χ3n) is 5.62. The fourth-order valence-corrected chi connectivity index (χ4v) is 4.60. The number of carbonyl (C=O) groups is 1. The van der Waals surface area contributed by atoms with Gasteiger partial charge in [0.1, 0.15) is 5.60 Å². The quantitative estimate of drug-likeness (QED) is 0.422. The molecule has 5 rings (SSSR count). The van der Waals surface area contributed by atoms with Crippen LogP contribution in [-0.2, 0) is 12.0 Å². The second kappa shape index (κ2) is 6.70. The highest BCUT2D eigenvalue weighted by Crippen LogP contribution is 2.43. The molecular weight excluding hydrogens is 403 g/mol. The Hall–Kier alpha value is -2.65. The molecule has 4 aromatic carbocycles. The number of ketones is 1. The summed E-state index contributed by atoms with van der Waals surface area (Å²) in [5, 5.41) is 15.1. The molecule has 0 aliphatic heterocycles. The van der Waals surface area contributed by atoms with Crippen molar-refractivity contribution in [2.45, 2.75) is 12.0 Å². The van der Waals surface area contributed by atoms with Gasteiger partial charge in [0.2, 0.25) is 0 Å². The molecule has 0 unspecified atom stereocenters. The topological polar surface area (TPSA) is 37.3 Å². The van der Waals surface area contributed by atoms with Gasteiger partial charge in [0.15, 0.2) is 5.78 Å². The van der Waals surface area contributed by atoms with E-state index in [9.17, 15) is 9.90 Å². The molecule has 2 nitrogen and oxygen atoms in total. The maximum Gasteiger partial charge on any atom is 0.193 e. The average Bonchev–Trinajstić information content (AvgIpc) is 2.72. The predicted octanol–water partition coefficient (Wildman–Crippen LogP) is 6.17. The largest absolute Gasteiger partial charge is 0.380 e. The maximum absolute atomic E-state index is 13.1. The number of hydrogen-bond donors (Lipinski definition) is 1. The van der Waals surface area contributed by atoms with Gasteiger partial charge in [-0.15, -0.1) is 0 Å². The normalized spacial score (nSPS) is 14.5. The van der Waals surface area contributed by atoms with Crippen LogP contribution in [0.15, 0.2) is 78.9 Å². The van der Waals surface area contributed by atoms with Crippen LogP contribution < -0.4 is 0 Å². The van der Waals surface area contributed by atoms with Crippen molar-refractivity contribution in [3.8, 4) is 0 Å². The summed E-state index contributed by atoms with van der Waals surface area (Å²) < 4.78 is 0. The molecule has 0 amide bonds. The van der Waals surface area contributed by atoms with Crippen LogP contribution in [0.4, 0.5) is 0 Å². The lowest BCUT2D eigenvalue weighted by molar-refractivity contribution is 0.0721. The fourth-order valence-electron chi connectivity index (χ4n) is 4.25. The van der Waals surface area contributed by atoms with E-state index in [0.29, 0.717) is 38.7 Å². The van der Waals surface area contributed by atoms with E-state index in [0.717, 1.165) is 16.3 Å². The Morgan fingerprint density at radius 3 is 1.93 bits per heavy atom. The zero-order valence-electron chi connectivity index (χ0n) is 15.3. The molecule has 0 fully saturated rings. The molecule has 1 N–H and O–H groups in total. The fraction of sp³-hybridized carbons (Fsp3) is 0.0800. The van der Waals surface area contributed by atoms with Crippen LogP contribution in [0, 0.1) is 0 Å². The number of halogens is 2. The second-order valence-corrected chi connectivity index (χ2v) is 8.30. The molecule has 0 atom stereocenters. The Labute approximate surface area is 178 Å². The summed E-state index contributed by atoms with van der Waals surface area (Å²) in [4.78, 5) is 13.1. The highest BCUT2D eigenvalue weighted by Gasteiger charge is 2.42. The SMILES string of the molecule is O=C1c2cc(Cl)ccc2C(O)(Cc2ccc3ccccc3c2)c2ccc(Cl)cc21. The van der Waals surface area contributed by atoms with Gasteiger partial charge in [-0.1, -0.05) is 77.8 Å². The van der Waals surface area contributed by atoms with Crippen molar-refractivity contribution in [2.24, 2.45) is 0 Å². The Kier molecular flexibility index (Phi) is 4.25. The minimum Gasteiger partial charge on any atom is -0.380 e. The van der Waals surface area contributed by atoms with Gasteiger partial charge in [0.25, 0.3) is 0 Å². The lowest BCUT2D eigenvalue weighted by Gasteiger charge is -2.36. The third kappa shape index (κ3) is 2.96. The highest BCUT2D eigenvalue weighted by molar-refractivity contribution is 6.32. The Morgan fingerprint density at radius 2 is 1.31 bits per heavy atom. The van der Waals surface area contributed by atoms with Gasteiger partial charge in [0, 0.05) is 27.6 Å². The van der Waals surface area contributed by atoms with Crippen molar-refractivity contribution in [1.82, 2.24) is 0 Å². The first-order valence-electron chi connectivity index (χ1n) is 9.30. The van der Waals surface area contributed by atoms with Crippen molar-refractivity contribution in [3.63, 3.8) is 0 Å².